The summed E-state index contributed by atoms with van der Waals surface area (Å²) in [7, 11) is 0. The van der Waals surface area contributed by atoms with E-state index in [1.54, 1.807) is 0 Å². The first kappa shape index (κ1) is 16.9. The second kappa shape index (κ2) is 7.68. The Morgan fingerprint density at radius 2 is 1.95 bits per heavy atom. The van der Waals surface area contributed by atoms with Gasteiger partial charge in [0.25, 0.3) is 0 Å². The predicted octanol–water partition coefficient (Wildman–Crippen LogP) is 5.25. The first-order chi connectivity index (χ1) is 10.0. The van der Waals surface area contributed by atoms with E-state index < -0.39 is 11.6 Å². The van der Waals surface area contributed by atoms with Crippen LogP contribution < -0.4 is 5.32 Å². The van der Waals surface area contributed by atoms with Crippen molar-refractivity contribution in [3.63, 3.8) is 0 Å². The van der Waals surface area contributed by atoms with Crippen LogP contribution in [0.3, 0.4) is 0 Å². The molecule has 1 fully saturated rings. The molecular formula is C17H24BrF2N. The Labute approximate surface area is 134 Å². The number of hydrogen-bond acceptors (Lipinski definition) is 1. The lowest BCUT2D eigenvalue weighted by Crippen LogP contribution is -2.32. The van der Waals surface area contributed by atoms with E-state index in [0.717, 1.165) is 38.8 Å². The summed E-state index contributed by atoms with van der Waals surface area (Å²) in [4.78, 5) is 0. The maximum atomic E-state index is 14.4. The van der Waals surface area contributed by atoms with Gasteiger partial charge in [0.2, 0.25) is 0 Å². The van der Waals surface area contributed by atoms with E-state index in [9.17, 15) is 8.78 Å². The number of nitrogens with one attached hydrogen (secondary N) is 1. The number of halogens is 3. The summed E-state index contributed by atoms with van der Waals surface area (Å²) in [6, 6.07) is 2.82. The zero-order valence-corrected chi connectivity index (χ0v) is 14.3. The van der Waals surface area contributed by atoms with Gasteiger partial charge in [-0.2, -0.15) is 0 Å². The second-order valence-electron chi connectivity index (χ2n) is 6.46. The van der Waals surface area contributed by atoms with Crippen molar-refractivity contribution in [2.24, 2.45) is 11.8 Å². The molecule has 0 amide bonds. The van der Waals surface area contributed by atoms with E-state index in [2.05, 4.69) is 35.1 Å². The third-order valence-electron chi connectivity index (χ3n) is 4.32. The Morgan fingerprint density at radius 1 is 1.24 bits per heavy atom. The van der Waals surface area contributed by atoms with Crippen LogP contribution in [0.4, 0.5) is 8.78 Å². The summed E-state index contributed by atoms with van der Waals surface area (Å²) in [6.07, 6.45) is 4.12. The third-order valence-corrected chi connectivity index (χ3v) is 4.93. The fourth-order valence-corrected chi connectivity index (χ4v) is 3.62. The zero-order valence-electron chi connectivity index (χ0n) is 12.8. The van der Waals surface area contributed by atoms with Gasteiger partial charge < -0.3 is 5.32 Å². The summed E-state index contributed by atoms with van der Waals surface area (Å²) < 4.78 is 28.9. The first-order valence-corrected chi connectivity index (χ1v) is 8.64. The van der Waals surface area contributed by atoms with Crippen LogP contribution in [-0.4, -0.2) is 13.1 Å². The summed E-state index contributed by atoms with van der Waals surface area (Å²) in [5.41, 5.74) is 0.278. The molecule has 1 N–H and O–H groups in total. The van der Waals surface area contributed by atoms with Crippen LogP contribution in [0.2, 0.25) is 0 Å². The minimum absolute atomic E-state index is 0.0177. The maximum Gasteiger partial charge on any atom is 0.143 e. The van der Waals surface area contributed by atoms with Crippen LogP contribution in [-0.2, 0) is 0 Å². The van der Waals surface area contributed by atoms with Crippen molar-refractivity contribution in [2.45, 2.75) is 45.4 Å². The Morgan fingerprint density at radius 3 is 2.67 bits per heavy atom. The monoisotopic (exact) mass is 359 g/mol. The molecule has 2 atom stereocenters. The number of hydrogen-bond donors (Lipinski definition) is 1. The van der Waals surface area contributed by atoms with Gasteiger partial charge in [0.05, 0.1) is 4.47 Å². The number of benzene rings is 1. The van der Waals surface area contributed by atoms with Crippen molar-refractivity contribution in [1.82, 2.24) is 5.32 Å². The van der Waals surface area contributed by atoms with Gasteiger partial charge in [-0.1, -0.05) is 26.7 Å². The van der Waals surface area contributed by atoms with Gasteiger partial charge in [0.1, 0.15) is 11.6 Å². The third kappa shape index (κ3) is 4.26. The molecule has 0 radical (unpaired) electrons. The zero-order chi connectivity index (χ0) is 15.4. The van der Waals surface area contributed by atoms with Crippen molar-refractivity contribution in [2.75, 3.05) is 13.1 Å². The van der Waals surface area contributed by atoms with Crippen molar-refractivity contribution in [1.29, 1.82) is 0 Å². The van der Waals surface area contributed by atoms with Crippen molar-refractivity contribution < 1.29 is 8.78 Å². The van der Waals surface area contributed by atoms with E-state index in [1.165, 1.54) is 12.1 Å². The lowest BCUT2D eigenvalue weighted by molar-refractivity contribution is 0.280. The van der Waals surface area contributed by atoms with Crippen LogP contribution in [0.1, 0.15) is 51.0 Å². The van der Waals surface area contributed by atoms with E-state index in [1.807, 2.05) is 0 Å². The largest absolute Gasteiger partial charge is 0.316 e. The highest BCUT2D eigenvalue weighted by atomic mass is 79.9. The molecule has 0 spiro atoms. The molecule has 2 unspecified atom stereocenters. The molecule has 1 saturated carbocycles. The Balaban J connectivity index is 2.17. The predicted molar refractivity (Wildman–Crippen MR) is 86.5 cm³/mol. The summed E-state index contributed by atoms with van der Waals surface area (Å²) in [5.74, 6) is 0.0605. The van der Waals surface area contributed by atoms with Crippen LogP contribution in [0.5, 0.6) is 0 Å². The molecule has 0 bridgehead atoms. The average Bonchev–Trinajstić information content (AvgIpc) is 2.44. The summed E-state index contributed by atoms with van der Waals surface area (Å²) in [6.45, 7) is 6.12. The average molecular weight is 360 g/mol. The molecule has 4 heteroatoms. The Hall–Kier alpha value is -0.480. The van der Waals surface area contributed by atoms with Crippen molar-refractivity contribution in [3.8, 4) is 0 Å². The van der Waals surface area contributed by atoms with Crippen LogP contribution in [0.25, 0.3) is 0 Å². The molecule has 1 aliphatic carbocycles. The van der Waals surface area contributed by atoms with E-state index in [-0.39, 0.29) is 11.5 Å². The molecular weight excluding hydrogens is 336 g/mol. The fourth-order valence-electron chi connectivity index (χ4n) is 3.27. The molecule has 118 valence electrons. The quantitative estimate of drug-likeness (QED) is 0.708. The standard InChI is InChI=1S/C17H24BrF2N/c1-11(2)9-21-10-12-5-3-4-6-13(12)16-15(19)8-7-14(18)17(16)20/h7-8,11-13,21H,3-6,9-10H2,1-2H3. The molecule has 1 aromatic rings. The van der Waals surface area contributed by atoms with Gasteiger partial charge in [-0.3, -0.25) is 0 Å². The fraction of sp³-hybridized carbons (Fsp3) is 0.647. The van der Waals surface area contributed by atoms with Crippen molar-refractivity contribution >= 4 is 15.9 Å². The van der Waals surface area contributed by atoms with Crippen LogP contribution in [0, 0.1) is 23.5 Å². The molecule has 1 aromatic carbocycles. The van der Waals surface area contributed by atoms with E-state index in [4.69, 9.17) is 0 Å². The minimum atomic E-state index is -0.421. The van der Waals surface area contributed by atoms with Crippen LogP contribution >= 0.6 is 15.9 Å². The number of rotatable bonds is 5. The smallest absolute Gasteiger partial charge is 0.143 e. The lowest BCUT2D eigenvalue weighted by Gasteiger charge is -2.33. The minimum Gasteiger partial charge on any atom is -0.316 e. The molecule has 2 rings (SSSR count). The highest BCUT2D eigenvalue weighted by molar-refractivity contribution is 9.10. The van der Waals surface area contributed by atoms with Gasteiger partial charge in [0.15, 0.2) is 0 Å². The van der Waals surface area contributed by atoms with Gasteiger partial charge in [-0.05, 0) is 71.7 Å². The molecule has 0 saturated heterocycles. The molecule has 0 heterocycles. The van der Waals surface area contributed by atoms with E-state index >= 15 is 0 Å². The molecule has 0 aromatic heterocycles. The highest BCUT2D eigenvalue weighted by Crippen LogP contribution is 2.41. The van der Waals surface area contributed by atoms with Gasteiger partial charge in [-0.15, -0.1) is 0 Å². The highest BCUT2D eigenvalue weighted by Gasteiger charge is 2.31. The SMILES string of the molecule is CC(C)CNCC1CCCCC1c1c(F)ccc(Br)c1F. The second-order valence-corrected chi connectivity index (χ2v) is 7.31. The Kier molecular flexibility index (Phi) is 6.18. The molecule has 1 aliphatic rings. The molecule has 0 aliphatic heterocycles. The molecule has 21 heavy (non-hydrogen) atoms. The first-order valence-electron chi connectivity index (χ1n) is 7.84. The Bertz CT molecular complexity index is 476. The van der Waals surface area contributed by atoms with Crippen molar-refractivity contribution in [3.05, 3.63) is 33.8 Å². The lowest BCUT2D eigenvalue weighted by atomic mass is 9.75. The van der Waals surface area contributed by atoms with Gasteiger partial charge >= 0.3 is 0 Å². The summed E-state index contributed by atoms with van der Waals surface area (Å²) in [5, 5.41) is 3.45. The van der Waals surface area contributed by atoms with E-state index in [0.29, 0.717) is 16.3 Å². The normalized spacial score (nSPS) is 22.8. The molecule has 1 nitrogen and oxygen atoms in total. The maximum absolute atomic E-state index is 14.4. The van der Waals surface area contributed by atoms with Crippen LogP contribution in [0.15, 0.2) is 16.6 Å². The topological polar surface area (TPSA) is 12.0 Å². The summed E-state index contributed by atoms with van der Waals surface area (Å²) >= 11 is 3.18. The van der Waals surface area contributed by atoms with Gasteiger partial charge in [0, 0.05) is 5.56 Å². The van der Waals surface area contributed by atoms with Gasteiger partial charge in [-0.25, -0.2) is 8.78 Å².